The predicted molar refractivity (Wildman–Crippen MR) is 98.8 cm³/mol. The Morgan fingerprint density at radius 1 is 1.28 bits per heavy atom. The van der Waals surface area contributed by atoms with Crippen LogP contribution in [0, 0.1) is 5.92 Å². The molecule has 0 saturated heterocycles. The molecule has 1 aliphatic carbocycles. The number of amides is 2. The second kappa shape index (κ2) is 8.04. The minimum atomic E-state index is -0.509. The third-order valence-corrected chi connectivity index (χ3v) is 5.34. The molecule has 1 saturated carbocycles. The van der Waals surface area contributed by atoms with Gasteiger partial charge in [0, 0.05) is 10.2 Å². The van der Waals surface area contributed by atoms with Gasteiger partial charge in [0.25, 0.3) is 0 Å². The Morgan fingerprint density at radius 2 is 2.04 bits per heavy atom. The maximum Gasteiger partial charge on any atom is 0.338 e. The van der Waals surface area contributed by atoms with E-state index in [0.717, 1.165) is 22.9 Å². The van der Waals surface area contributed by atoms with E-state index in [2.05, 4.69) is 26.6 Å². The average Bonchev–Trinajstić information content (AvgIpc) is 2.60. The van der Waals surface area contributed by atoms with E-state index in [0.29, 0.717) is 23.8 Å². The van der Waals surface area contributed by atoms with Crippen molar-refractivity contribution in [2.45, 2.75) is 45.1 Å². The van der Waals surface area contributed by atoms with Crippen molar-refractivity contribution in [2.75, 3.05) is 6.61 Å². The normalized spacial score (nSPS) is 21.5. The zero-order valence-electron chi connectivity index (χ0n) is 14.3. The van der Waals surface area contributed by atoms with E-state index in [1.807, 2.05) is 24.3 Å². The summed E-state index contributed by atoms with van der Waals surface area (Å²) in [5.74, 6) is 0.0922. The second-order valence-corrected chi connectivity index (χ2v) is 7.64. The fourth-order valence-electron chi connectivity index (χ4n) is 3.53. The van der Waals surface area contributed by atoms with Crippen molar-refractivity contribution in [3.8, 4) is 0 Å². The maximum atomic E-state index is 12.7. The number of esters is 1. The van der Waals surface area contributed by atoms with Gasteiger partial charge in [0.05, 0.1) is 18.2 Å². The number of benzene rings is 1. The number of carbonyl (C=O) groups is 2. The SMILES string of the molecule is CC1=C(C(=O)OCC2CCCCC2)C(c2cccc(Br)c2)NC(=O)N1. The molecule has 1 fully saturated rings. The van der Waals surface area contributed by atoms with Crippen LogP contribution in [0.15, 0.2) is 40.0 Å². The average molecular weight is 407 g/mol. The molecule has 2 N–H and O–H groups in total. The van der Waals surface area contributed by atoms with E-state index in [-0.39, 0.29) is 12.0 Å². The van der Waals surface area contributed by atoms with Crippen LogP contribution in [0.4, 0.5) is 4.79 Å². The first-order chi connectivity index (χ1) is 12.0. The first kappa shape index (κ1) is 18.0. The van der Waals surface area contributed by atoms with Crippen LogP contribution in [0.5, 0.6) is 0 Å². The summed E-state index contributed by atoms with van der Waals surface area (Å²) >= 11 is 3.44. The Kier molecular flexibility index (Phi) is 5.78. The number of nitrogens with one attached hydrogen (secondary N) is 2. The molecule has 1 aromatic rings. The summed E-state index contributed by atoms with van der Waals surface area (Å²) in [4.78, 5) is 24.6. The molecular weight excluding hydrogens is 384 g/mol. The number of hydrogen-bond acceptors (Lipinski definition) is 3. The second-order valence-electron chi connectivity index (χ2n) is 6.73. The summed E-state index contributed by atoms with van der Waals surface area (Å²) in [6.07, 6.45) is 5.94. The van der Waals surface area contributed by atoms with Crippen molar-refractivity contribution in [1.29, 1.82) is 0 Å². The maximum absolute atomic E-state index is 12.7. The number of ether oxygens (including phenoxy) is 1. The van der Waals surface area contributed by atoms with Gasteiger partial charge >= 0.3 is 12.0 Å². The molecule has 2 amide bonds. The molecule has 0 spiro atoms. The van der Waals surface area contributed by atoms with Gasteiger partial charge in [-0.2, -0.15) is 0 Å². The van der Waals surface area contributed by atoms with E-state index in [1.54, 1.807) is 6.92 Å². The van der Waals surface area contributed by atoms with E-state index in [9.17, 15) is 9.59 Å². The molecular formula is C19H23BrN2O3. The highest BCUT2D eigenvalue weighted by Crippen LogP contribution is 2.30. The number of rotatable bonds is 4. The smallest absolute Gasteiger partial charge is 0.338 e. The third-order valence-electron chi connectivity index (χ3n) is 4.85. The Morgan fingerprint density at radius 3 is 2.76 bits per heavy atom. The van der Waals surface area contributed by atoms with Crippen LogP contribution in [-0.4, -0.2) is 18.6 Å². The number of allylic oxidation sites excluding steroid dienone is 1. The first-order valence-electron chi connectivity index (χ1n) is 8.75. The number of urea groups is 1. The van der Waals surface area contributed by atoms with Crippen molar-refractivity contribution in [2.24, 2.45) is 5.92 Å². The zero-order chi connectivity index (χ0) is 17.8. The van der Waals surface area contributed by atoms with Crippen LogP contribution < -0.4 is 10.6 Å². The molecule has 1 aliphatic heterocycles. The lowest BCUT2D eigenvalue weighted by Crippen LogP contribution is -2.45. The Bertz CT molecular complexity index is 696. The highest BCUT2D eigenvalue weighted by Gasteiger charge is 2.32. The van der Waals surface area contributed by atoms with Crippen LogP contribution in [0.1, 0.15) is 50.6 Å². The van der Waals surface area contributed by atoms with Gasteiger partial charge in [0.2, 0.25) is 0 Å². The summed E-state index contributed by atoms with van der Waals surface area (Å²) in [6, 6.07) is 6.76. The van der Waals surface area contributed by atoms with E-state index >= 15 is 0 Å². The Balaban J connectivity index is 1.78. The van der Waals surface area contributed by atoms with Crippen molar-refractivity contribution in [1.82, 2.24) is 10.6 Å². The molecule has 5 nitrogen and oxygen atoms in total. The van der Waals surface area contributed by atoms with Gasteiger partial charge in [-0.25, -0.2) is 9.59 Å². The van der Waals surface area contributed by atoms with Crippen LogP contribution in [-0.2, 0) is 9.53 Å². The standard InChI is InChI=1S/C19H23BrN2O3/c1-12-16(18(23)25-11-13-6-3-2-4-7-13)17(22-19(24)21-12)14-8-5-9-15(20)10-14/h5,8-10,13,17H,2-4,6-7,11H2,1H3,(H2,21,22,24). The molecule has 134 valence electrons. The quantitative estimate of drug-likeness (QED) is 0.736. The van der Waals surface area contributed by atoms with Gasteiger partial charge in [-0.3, -0.25) is 0 Å². The van der Waals surface area contributed by atoms with Gasteiger partial charge in [0.1, 0.15) is 0 Å². The van der Waals surface area contributed by atoms with Gasteiger partial charge in [0.15, 0.2) is 0 Å². The predicted octanol–water partition coefficient (Wildman–Crippen LogP) is 4.20. The highest BCUT2D eigenvalue weighted by atomic mass is 79.9. The van der Waals surface area contributed by atoms with E-state index in [1.165, 1.54) is 19.3 Å². The summed E-state index contributed by atoms with van der Waals surface area (Å²) in [5, 5.41) is 5.51. The van der Waals surface area contributed by atoms with Crippen LogP contribution in [0.3, 0.4) is 0 Å². The fraction of sp³-hybridized carbons (Fsp3) is 0.474. The molecule has 6 heteroatoms. The third kappa shape index (κ3) is 4.42. The lowest BCUT2D eigenvalue weighted by atomic mass is 9.90. The molecule has 3 rings (SSSR count). The molecule has 1 unspecified atom stereocenters. The van der Waals surface area contributed by atoms with Crippen LogP contribution >= 0.6 is 15.9 Å². The fourth-order valence-corrected chi connectivity index (χ4v) is 3.94. The lowest BCUT2D eigenvalue weighted by molar-refractivity contribution is -0.141. The summed E-state index contributed by atoms with van der Waals surface area (Å²) < 4.78 is 6.50. The molecule has 1 atom stereocenters. The van der Waals surface area contributed by atoms with Crippen molar-refractivity contribution in [3.05, 3.63) is 45.6 Å². The molecule has 25 heavy (non-hydrogen) atoms. The first-order valence-corrected chi connectivity index (χ1v) is 9.55. The Hall–Kier alpha value is -1.82. The Labute approximate surface area is 156 Å². The van der Waals surface area contributed by atoms with Gasteiger partial charge < -0.3 is 15.4 Å². The summed E-state index contributed by atoms with van der Waals surface area (Å²) in [5.41, 5.74) is 1.85. The molecule has 0 bridgehead atoms. The largest absolute Gasteiger partial charge is 0.462 e. The highest BCUT2D eigenvalue weighted by molar-refractivity contribution is 9.10. The van der Waals surface area contributed by atoms with Crippen LogP contribution in [0.2, 0.25) is 0 Å². The molecule has 2 aliphatic rings. The van der Waals surface area contributed by atoms with E-state index < -0.39 is 6.04 Å². The number of hydrogen-bond donors (Lipinski definition) is 2. The minimum absolute atomic E-state index is 0.314. The number of halogens is 1. The monoisotopic (exact) mass is 406 g/mol. The lowest BCUT2D eigenvalue weighted by Gasteiger charge is -2.29. The van der Waals surface area contributed by atoms with Gasteiger partial charge in [-0.05, 0) is 43.4 Å². The minimum Gasteiger partial charge on any atom is -0.462 e. The van der Waals surface area contributed by atoms with Gasteiger partial charge in [-0.15, -0.1) is 0 Å². The van der Waals surface area contributed by atoms with Crippen molar-refractivity contribution >= 4 is 27.9 Å². The number of carbonyl (C=O) groups excluding carboxylic acids is 2. The molecule has 1 aromatic carbocycles. The summed E-state index contributed by atoms with van der Waals surface area (Å²) in [6.45, 7) is 2.19. The van der Waals surface area contributed by atoms with E-state index in [4.69, 9.17) is 4.74 Å². The molecule has 0 radical (unpaired) electrons. The summed E-state index contributed by atoms with van der Waals surface area (Å²) in [7, 11) is 0. The van der Waals surface area contributed by atoms with Gasteiger partial charge in [-0.1, -0.05) is 47.3 Å². The molecule has 0 aromatic heterocycles. The van der Waals surface area contributed by atoms with Crippen molar-refractivity contribution < 1.29 is 14.3 Å². The topological polar surface area (TPSA) is 67.4 Å². The zero-order valence-corrected chi connectivity index (χ0v) is 15.9. The van der Waals surface area contributed by atoms with Crippen LogP contribution in [0.25, 0.3) is 0 Å². The van der Waals surface area contributed by atoms with Crippen molar-refractivity contribution in [3.63, 3.8) is 0 Å². The molecule has 1 heterocycles.